The zero-order valence-electron chi connectivity index (χ0n) is 11.2. The Labute approximate surface area is 109 Å². The first-order valence-corrected chi connectivity index (χ1v) is 6.81. The lowest BCUT2D eigenvalue weighted by atomic mass is 10.2. The summed E-state index contributed by atoms with van der Waals surface area (Å²) in [5.41, 5.74) is 1.36. The van der Waals surface area contributed by atoms with Crippen LogP contribution in [0.2, 0.25) is 0 Å². The number of hydrogen-bond acceptors (Lipinski definition) is 3. The zero-order valence-corrected chi connectivity index (χ0v) is 12.1. The average Bonchev–Trinajstić information content (AvgIpc) is 2.24. The maximum Gasteiger partial charge on any atom is 0.0587 e. The molecule has 0 unspecified atom stereocenters. The summed E-state index contributed by atoms with van der Waals surface area (Å²) in [6.45, 7) is 9.29. The van der Waals surface area contributed by atoms with Crippen molar-refractivity contribution in [3.05, 3.63) is 29.8 Å². The summed E-state index contributed by atoms with van der Waals surface area (Å²) in [5, 5.41) is 3.39. The number of rotatable bonds is 6. The number of ether oxygens (including phenoxy) is 1. The van der Waals surface area contributed by atoms with Crippen molar-refractivity contribution in [2.75, 3.05) is 20.3 Å². The molecule has 3 heteroatoms. The Hall–Kier alpha value is -0.510. The lowest BCUT2D eigenvalue weighted by molar-refractivity contribution is 0.199. The van der Waals surface area contributed by atoms with E-state index >= 15 is 0 Å². The van der Waals surface area contributed by atoms with E-state index in [2.05, 4.69) is 50.4 Å². The van der Waals surface area contributed by atoms with Crippen molar-refractivity contribution in [3.63, 3.8) is 0 Å². The molecule has 0 atom stereocenters. The molecule has 96 valence electrons. The molecule has 1 N–H and O–H groups in total. The molecular weight excluding hydrogens is 230 g/mol. The number of benzene rings is 1. The second-order valence-electron chi connectivity index (χ2n) is 4.99. The molecule has 17 heavy (non-hydrogen) atoms. The van der Waals surface area contributed by atoms with Gasteiger partial charge in [-0.3, -0.25) is 0 Å². The summed E-state index contributed by atoms with van der Waals surface area (Å²) < 4.78 is 5.28. The Bertz CT molecular complexity index is 333. The molecule has 0 fully saturated rings. The maximum absolute atomic E-state index is 5.02. The lowest BCUT2D eigenvalue weighted by Gasteiger charge is -2.20. The van der Waals surface area contributed by atoms with E-state index in [0.717, 1.165) is 19.7 Å². The van der Waals surface area contributed by atoms with Crippen molar-refractivity contribution in [1.82, 2.24) is 5.32 Å². The van der Waals surface area contributed by atoms with E-state index in [1.54, 1.807) is 7.11 Å². The highest BCUT2D eigenvalue weighted by atomic mass is 32.2. The summed E-state index contributed by atoms with van der Waals surface area (Å²) in [5.74, 6) is 0. The van der Waals surface area contributed by atoms with Crippen LogP contribution in [-0.4, -0.2) is 25.0 Å². The van der Waals surface area contributed by atoms with E-state index in [1.807, 2.05) is 11.8 Å². The van der Waals surface area contributed by atoms with E-state index in [9.17, 15) is 0 Å². The molecule has 0 aliphatic carbocycles. The largest absolute Gasteiger partial charge is 0.383 e. The minimum Gasteiger partial charge on any atom is -0.383 e. The van der Waals surface area contributed by atoms with E-state index < -0.39 is 0 Å². The fraction of sp³-hybridized carbons (Fsp3) is 0.571. The predicted octanol–water partition coefficient (Wildman–Crippen LogP) is 3.31. The fourth-order valence-corrected chi connectivity index (χ4v) is 2.55. The van der Waals surface area contributed by atoms with Gasteiger partial charge in [0.15, 0.2) is 0 Å². The van der Waals surface area contributed by atoms with Crippen LogP contribution in [0.4, 0.5) is 0 Å². The first kappa shape index (κ1) is 14.6. The van der Waals surface area contributed by atoms with Crippen LogP contribution in [0.5, 0.6) is 0 Å². The summed E-state index contributed by atoms with van der Waals surface area (Å²) >= 11 is 1.92. The molecule has 0 spiro atoms. The Morgan fingerprint density at radius 1 is 1.24 bits per heavy atom. The van der Waals surface area contributed by atoms with E-state index in [1.165, 1.54) is 10.5 Å². The zero-order chi connectivity index (χ0) is 12.7. The maximum atomic E-state index is 5.02. The van der Waals surface area contributed by atoms with E-state index in [4.69, 9.17) is 4.74 Å². The van der Waals surface area contributed by atoms with Gasteiger partial charge in [0, 0.05) is 29.8 Å². The standard InChI is InChI=1S/C14H23NOS/c1-14(2,3)17-13-8-6-5-7-12(13)11-15-9-10-16-4/h5-8,15H,9-11H2,1-4H3. The molecule has 1 aromatic rings. The van der Waals surface area contributed by atoms with Gasteiger partial charge in [0.25, 0.3) is 0 Å². The molecule has 0 saturated carbocycles. The summed E-state index contributed by atoms with van der Waals surface area (Å²) in [6.07, 6.45) is 0. The molecule has 0 aliphatic heterocycles. The van der Waals surface area contributed by atoms with Gasteiger partial charge in [-0.25, -0.2) is 0 Å². The molecule has 1 rings (SSSR count). The Balaban J connectivity index is 2.58. The molecule has 1 aromatic carbocycles. The van der Waals surface area contributed by atoms with Crippen molar-refractivity contribution < 1.29 is 4.74 Å². The first-order valence-electron chi connectivity index (χ1n) is 5.99. The monoisotopic (exact) mass is 253 g/mol. The van der Waals surface area contributed by atoms with Gasteiger partial charge in [0.2, 0.25) is 0 Å². The quantitative estimate of drug-likeness (QED) is 0.621. The highest BCUT2D eigenvalue weighted by molar-refractivity contribution is 8.00. The van der Waals surface area contributed by atoms with Gasteiger partial charge in [-0.2, -0.15) is 0 Å². The topological polar surface area (TPSA) is 21.3 Å². The molecule has 0 heterocycles. The molecule has 0 radical (unpaired) electrons. The van der Waals surface area contributed by atoms with Crippen LogP contribution in [0.3, 0.4) is 0 Å². The Morgan fingerprint density at radius 2 is 1.94 bits per heavy atom. The van der Waals surface area contributed by atoms with Crippen molar-refractivity contribution >= 4 is 11.8 Å². The minimum absolute atomic E-state index is 0.253. The van der Waals surface area contributed by atoms with Gasteiger partial charge in [0.1, 0.15) is 0 Å². The third kappa shape index (κ3) is 6.10. The molecular formula is C14H23NOS. The van der Waals surface area contributed by atoms with E-state index in [0.29, 0.717) is 0 Å². The smallest absolute Gasteiger partial charge is 0.0587 e. The van der Waals surface area contributed by atoms with Gasteiger partial charge in [0.05, 0.1) is 6.61 Å². The number of thioether (sulfide) groups is 1. The normalized spacial score (nSPS) is 11.8. The van der Waals surface area contributed by atoms with Crippen LogP contribution in [0.1, 0.15) is 26.3 Å². The van der Waals surface area contributed by atoms with Gasteiger partial charge in [-0.05, 0) is 11.6 Å². The van der Waals surface area contributed by atoms with Crippen LogP contribution < -0.4 is 5.32 Å². The van der Waals surface area contributed by atoms with Crippen LogP contribution >= 0.6 is 11.8 Å². The molecule has 0 saturated heterocycles. The molecule has 0 amide bonds. The third-order valence-corrected chi connectivity index (χ3v) is 3.42. The molecule has 0 aromatic heterocycles. The summed E-state index contributed by atoms with van der Waals surface area (Å²) in [7, 11) is 1.73. The molecule has 2 nitrogen and oxygen atoms in total. The van der Waals surface area contributed by atoms with Crippen LogP contribution in [0, 0.1) is 0 Å². The molecule has 0 bridgehead atoms. The number of nitrogens with one attached hydrogen (secondary N) is 1. The lowest BCUT2D eigenvalue weighted by Crippen LogP contribution is -2.19. The van der Waals surface area contributed by atoms with Gasteiger partial charge < -0.3 is 10.1 Å². The second-order valence-corrected chi connectivity index (χ2v) is 6.86. The van der Waals surface area contributed by atoms with Crippen molar-refractivity contribution in [1.29, 1.82) is 0 Å². The predicted molar refractivity (Wildman–Crippen MR) is 75.6 cm³/mol. The summed E-state index contributed by atoms with van der Waals surface area (Å²) in [4.78, 5) is 1.37. The highest BCUT2D eigenvalue weighted by Crippen LogP contribution is 2.33. The highest BCUT2D eigenvalue weighted by Gasteiger charge is 2.14. The SMILES string of the molecule is COCCNCc1ccccc1SC(C)(C)C. The molecule has 0 aliphatic rings. The van der Waals surface area contributed by atoms with E-state index in [-0.39, 0.29) is 4.75 Å². The minimum atomic E-state index is 0.253. The summed E-state index contributed by atoms with van der Waals surface area (Å²) in [6, 6.07) is 8.59. The van der Waals surface area contributed by atoms with Gasteiger partial charge in [-0.15, -0.1) is 11.8 Å². The van der Waals surface area contributed by atoms with Crippen molar-refractivity contribution in [3.8, 4) is 0 Å². The van der Waals surface area contributed by atoms with Crippen LogP contribution in [0.25, 0.3) is 0 Å². The van der Waals surface area contributed by atoms with Gasteiger partial charge >= 0.3 is 0 Å². The average molecular weight is 253 g/mol. The second kappa shape index (κ2) is 7.04. The Morgan fingerprint density at radius 3 is 2.59 bits per heavy atom. The fourth-order valence-electron chi connectivity index (χ4n) is 1.48. The van der Waals surface area contributed by atoms with Gasteiger partial charge in [-0.1, -0.05) is 39.0 Å². The first-order chi connectivity index (χ1) is 8.03. The van der Waals surface area contributed by atoms with Crippen LogP contribution in [-0.2, 0) is 11.3 Å². The van der Waals surface area contributed by atoms with Crippen molar-refractivity contribution in [2.45, 2.75) is 37.0 Å². The van der Waals surface area contributed by atoms with Crippen molar-refractivity contribution in [2.24, 2.45) is 0 Å². The number of methoxy groups -OCH3 is 1. The Kier molecular flexibility index (Phi) is 6.03. The third-order valence-electron chi connectivity index (χ3n) is 2.19. The van der Waals surface area contributed by atoms with Crippen LogP contribution in [0.15, 0.2) is 29.2 Å². The number of hydrogen-bond donors (Lipinski definition) is 1.